The molecule has 1 unspecified atom stereocenters. The van der Waals surface area contributed by atoms with Gasteiger partial charge in [0.15, 0.2) is 0 Å². The van der Waals surface area contributed by atoms with Crippen LogP contribution in [-0.2, 0) is 13.1 Å². The van der Waals surface area contributed by atoms with Crippen molar-refractivity contribution < 1.29 is 4.39 Å². The summed E-state index contributed by atoms with van der Waals surface area (Å²) >= 11 is 13.0. The Morgan fingerprint density at radius 1 is 1.26 bits per heavy atom. The lowest BCUT2D eigenvalue weighted by Gasteiger charge is -2.24. The van der Waals surface area contributed by atoms with Gasteiger partial charge in [-0.05, 0) is 50.0 Å². The van der Waals surface area contributed by atoms with Gasteiger partial charge in [-0.25, -0.2) is 14.4 Å². The van der Waals surface area contributed by atoms with E-state index in [4.69, 9.17) is 33.9 Å². The first kappa shape index (κ1) is 24.3. The fourth-order valence-electron chi connectivity index (χ4n) is 4.03. The number of anilines is 1. The number of imidazole rings is 1. The van der Waals surface area contributed by atoms with E-state index in [1.807, 2.05) is 4.57 Å². The maximum absolute atomic E-state index is 13.8. The third-order valence-electron chi connectivity index (χ3n) is 5.84. The minimum absolute atomic E-state index is 0.266. The predicted molar refractivity (Wildman–Crippen MR) is 138 cm³/mol. The summed E-state index contributed by atoms with van der Waals surface area (Å²) in [6, 6.07) is 11.9. The van der Waals surface area contributed by atoms with E-state index in [0.717, 1.165) is 25.9 Å². The lowest BCUT2D eigenvalue weighted by molar-refractivity contribution is 0.340. The molecular formula is C25H27Cl2FN6. The van der Waals surface area contributed by atoms with Gasteiger partial charge in [-0.15, -0.1) is 0 Å². The first-order valence-electron chi connectivity index (χ1n) is 11.2. The second-order valence-electron chi connectivity index (χ2n) is 8.28. The minimum atomic E-state index is -0.284. The molecule has 0 radical (unpaired) electrons. The van der Waals surface area contributed by atoms with Gasteiger partial charge in [0.05, 0.1) is 21.8 Å². The van der Waals surface area contributed by atoms with Gasteiger partial charge in [-0.3, -0.25) is 0 Å². The van der Waals surface area contributed by atoms with Gasteiger partial charge in [0.25, 0.3) is 0 Å². The number of halogens is 3. The van der Waals surface area contributed by atoms with Crippen molar-refractivity contribution in [2.45, 2.75) is 25.9 Å². The van der Waals surface area contributed by atoms with Gasteiger partial charge in [-0.1, -0.05) is 54.0 Å². The highest BCUT2D eigenvalue weighted by atomic mass is 35.5. The van der Waals surface area contributed by atoms with Crippen LogP contribution in [0.1, 0.15) is 24.1 Å². The third kappa shape index (κ3) is 5.60. The van der Waals surface area contributed by atoms with E-state index in [9.17, 15) is 4.39 Å². The van der Waals surface area contributed by atoms with Crippen LogP contribution in [0.2, 0.25) is 10.0 Å². The van der Waals surface area contributed by atoms with Crippen LogP contribution < -0.4 is 16.4 Å². The highest BCUT2D eigenvalue weighted by Crippen LogP contribution is 2.36. The zero-order valence-corrected chi connectivity index (χ0v) is 20.2. The molecule has 178 valence electrons. The number of nitrogens with one attached hydrogen (secondary N) is 2. The van der Waals surface area contributed by atoms with E-state index in [0.29, 0.717) is 56.8 Å². The van der Waals surface area contributed by atoms with E-state index >= 15 is 0 Å². The van der Waals surface area contributed by atoms with E-state index in [-0.39, 0.29) is 12.4 Å². The molecule has 6 nitrogen and oxygen atoms in total. The van der Waals surface area contributed by atoms with Gasteiger partial charge in [0, 0.05) is 18.7 Å². The Kier molecular flexibility index (Phi) is 7.88. The van der Waals surface area contributed by atoms with Crippen molar-refractivity contribution in [1.29, 1.82) is 0 Å². The van der Waals surface area contributed by atoms with E-state index in [1.54, 1.807) is 42.6 Å². The number of nitrogen functional groups attached to an aromatic ring is 1. The van der Waals surface area contributed by atoms with Crippen LogP contribution in [0, 0.1) is 11.7 Å². The molecule has 1 fully saturated rings. The Morgan fingerprint density at radius 3 is 2.74 bits per heavy atom. The number of nitrogens with two attached hydrogens (primary N) is 1. The van der Waals surface area contributed by atoms with E-state index in [1.165, 1.54) is 6.07 Å². The first-order valence-corrected chi connectivity index (χ1v) is 11.9. The summed E-state index contributed by atoms with van der Waals surface area (Å²) in [5, 5.41) is 7.44. The Labute approximate surface area is 208 Å². The summed E-state index contributed by atoms with van der Waals surface area (Å²) in [5.41, 5.74) is 8.19. The summed E-state index contributed by atoms with van der Waals surface area (Å²) in [4.78, 5) is 9.09. The smallest absolute Gasteiger partial charge is 0.145 e. The number of nitrogens with zero attached hydrogens (tertiary/aromatic N) is 3. The van der Waals surface area contributed by atoms with Crippen LogP contribution in [-0.4, -0.2) is 28.9 Å². The lowest BCUT2D eigenvalue weighted by Crippen LogP contribution is -2.32. The molecule has 34 heavy (non-hydrogen) atoms. The Morgan fingerprint density at radius 2 is 2.03 bits per heavy atom. The predicted octanol–water partition coefficient (Wildman–Crippen LogP) is 5.26. The zero-order chi connectivity index (χ0) is 24.1. The summed E-state index contributed by atoms with van der Waals surface area (Å²) in [5.74, 6) is 1.57. The molecule has 0 aliphatic carbocycles. The van der Waals surface area contributed by atoms with Gasteiger partial charge in [0.1, 0.15) is 29.0 Å². The number of hydrogen-bond donors (Lipinski definition) is 3. The topological polar surface area (TPSA) is 80.3 Å². The van der Waals surface area contributed by atoms with Crippen molar-refractivity contribution in [2.24, 2.45) is 10.9 Å². The molecule has 3 aromatic rings. The summed E-state index contributed by atoms with van der Waals surface area (Å²) in [6.45, 7) is 6.78. The number of aromatic nitrogens is 2. The summed E-state index contributed by atoms with van der Waals surface area (Å²) < 4.78 is 15.8. The molecule has 0 spiro atoms. The number of benzene rings is 2. The van der Waals surface area contributed by atoms with Crippen LogP contribution in [0.3, 0.4) is 0 Å². The van der Waals surface area contributed by atoms with Crippen LogP contribution in [0.4, 0.5) is 10.2 Å². The van der Waals surface area contributed by atoms with Gasteiger partial charge >= 0.3 is 0 Å². The van der Waals surface area contributed by atoms with Crippen molar-refractivity contribution >= 4 is 35.2 Å². The Hall–Kier alpha value is -2.87. The highest BCUT2D eigenvalue weighted by Gasteiger charge is 2.23. The first-order chi connectivity index (χ1) is 16.4. The van der Waals surface area contributed by atoms with Gasteiger partial charge in [0.2, 0.25) is 0 Å². The van der Waals surface area contributed by atoms with Crippen molar-refractivity contribution in [1.82, 2.24) is 20.2 Å². The second-order valence-corrected chi connectivity index (χ2v) is 9.09. The molecule has 1 aliphatic heterocycles. The van der Waals surface area contributed by atoms with Crippen molar-refractivity contribution in [3.8, 4) is 11.4 Å². The lowest BCUT2D eigenvalue weighted by atomic mass is 9.99. The molecule has 1 saturated heterocycles. The third-order valence-corrected chi connectivity index (χ3v) is 6.47. The van der Waals surface area contributed by atoms with Crippen molar-refractivity contribution in [3.05, 3.63) is 82.0 Å². The van der Waals surface area contributed by atoms with Crippen LogP contribution in [0.25, 0.3) is 11.4 Å². The molecule has 1 aromatic heterocycles. The average molecular weight is 501 g/mol. The Bertz CT molecular complexity index is 1180. The summed E-state index contributed by atoms with van der Waals surface area (Å²) in [7, 11) is 0. The Balaban J connectivity index is 1.59. The molecule has 0 bridgehead atoms. The molecule has 0 amide bonds. The molecule has 4 rings (SSSR count). The fraction of sp³-hybridized carbons (Fsp3) is 0.280. The summed E-state index contributed by atoms with van der Waals surface area (Å²) in [6.07, 6.45) is 3.76. The molecule has 4 N–H and O–H groups in total. The maximum atomic E-state index is 13.8. The SMILES string of the molecule is C=C(N=Cc1nc(-c2c(Cl)cccc2Cl)n(CC2CCCNC2)c1N)NCc1ccccc1F. The van der Waals surface area contributed by atoms with Crippen LogP contribution in [0.5, 0.6) is 0 Å². The molecule has 0 saturated carbocycles. The molecular weight excluding hydrogens is 474 g/mol. The zero-order valence-electron chi connectivity index (χ0n) is 18.7. The average Bonchev–Trinajstić information content (AvgIpc) is 3.12. The van der Waals surface area contributed by atoms with Crippen molar-refractivity contribution in [2.75, 3.05) is 18.8 Å². The van der Waals surface area contributed by atoms with Crippen LogP contribution >= 0.6 is 23.2 Å². The molecule has 9 heteroatoms. The van der Waals surface area contributed by atoms with Gasteiger partial charge < -0.3 is 20.9 Å². The monoisotopic (exact) mass is 500 g/mol. The quantitative estimate of drug-likeness (QED) is 0.368. The number of piperidine rings is 1. The van der Waals surface area contributed by atoms with Crippen LogP contribution in [0.15, 0.2) is 59.9 Å². The standard InChI is InChI=1S/C25H27Cl2FN6/c1-16(31-13-18-7-2-3-10-21(18)28)32-14-22-24(29)34(15-17-6-5-11-30-12-17)25(33-22)23-19(26)8-4-9-20(23)27/h2-4,7-10,14,17,30-31H,1,5-6,11-13,15,29H2. The van der Waals surface area contributed by atoms with Crippen molar-refractivity contribution in [3.63, 3.8) is 0 Å². The molecule has 2 aromatic carbocycles. The molecule has 2 heterocycles. The number of rotatable bonds is 8. The minimum Gasteiger partial charge on any atom is -0.383 e. The highest BCUT2D eigenvalue weighted by molar-refractivity contribution is 6.39. The number of hydrogen-bond acceptors (Lipinski definition) is 5. The van der Waals surface area contributed by atoms with E-state index < -0.39 is 0 Å². The number of aliphatic imine (C=N–C) groups is 1. The molecule has 1 aliphatic rings. The van der Waals surface area contributed by atoms with Gasteiger partial charge in [-0.2, -0.15) is 0 Å². The fourth-order valence-corrected chi connectivity index (χ4v) is 4.59. The maximum Gasteiger partial charge on any atom is 0.145 e. The normalized spacial score (nSPS) is 16.1. The molecule has 1 atom stereocenters. The van der Waals surface area contributed by atoms with E-state index in [2.05, 4.69) is 22.2 Å². The second kappa shape index (κ2) is 11.0. The largest absolute Gasteiger partial charge is 0.383 e.